The number of aliphatic imine (C=N–C) groups is 1. The Morgan fingerprint density at radius 2 is 1.75 bits per heavy atom. The van der Waals surface area contributed by atoms with E-state index < -0.39 is 0 Å². The van der Waals surface area contributed by atoms with Gasteiger partial charge in [0.2, 0.25) is 6.79 Å². The van der Waals surface area contributed by atoms with E-state index in [4.69, 9.17) is 9.47 Å². The van der Waals surface area contributed by atoms with Crippen molar-refractivity contribution in [3.8, 4) is 11.5 Å². The summed E-state index contributed by atoms with van der Waals surface area (Å²) in [5.41, 5.74) is 3.29. The number of fused-ring (bicyclic) bond motifs is 1. The van der Waals surface area contributed by atoms with Crippen LogP contribution in [0.4, 0.5) is 5.69 Å². The maximum atomic E-state index is 5.34. The van der Waals surface area contributed by atoms with Crippen molar-refractivity contribution in [2.45, 2.75) is 19.8 Å². The Morgan fingerprint density at radius 3 is 2.50 bits per heavy atom. The van der Waals surface area contributed by atoms with Gasteiger partial charge < -0.3 is 9.47 Å². The summed E-state index contributed by atoms with van der Waals surface area (Å²) in [7, 11) is 0. The summed E-state index contributed by atoms with van der Waals surface area (Å²) in [6.45, 7) is 4.67. The number of nitrogens with zero attached hydrogens (tertiary/aromatic N) is 1. The van der Waals surface area contributed by atoms with Crippen molar-refractivity contribution in [3.05, 3.63) is 53.6 Å². The molecule has 1 aliphatic heterocycles. The van der Waals surface area contributed by atoms with E-state index in [2.05, 4.69) is 43.1 Å². The number of rotatable bonds is 3. The Labute approximate surface area is 118 Å². The molecule has 20 heavy (non-hydrogen) atoms. The van der Waals surface area contributed by atoms with Crippen LogP contribution in [0.1, 0.15) is 30.9 Å². The van der Waals surface area contributed by atoms with Crippen LogP contribution in [0, 0.1) is 0 Å². The summed E-state index contributed by atoms with van der Waals surface area (Å²) in [6.07, 6.45) is 1.86. The monoisotopic (exact) mass is 267 g/mol. The Morgan fingerprint density at radius 1 is 1.00 bits per heavy atom. The van der Waals surface area contributed by atoms with E-state index in [9.17, 15) is 0 Å². The number of hydrogen-bond acceptors (Lipinski definition) is 3. The van der Waals surface area contributed by atoms with Gasteiger partial charge in [-0.1, -0.05) is 38.1 Å². The minimum atomic E-state index is 0.291. The minimum absolute atomic E-state index is 0.291. The molecule has 0 spiro atoms. The third-order valence-electron chi connectivity index (χ3n) is 3.32. The lowest BCUT2D eigenvalue weighted by Crippen LogP contribution is -1.92. The number of hydrogen-bond donors (Lipinski definition) is 0. The van der Waals surface area contributed by atoms with Crippen LogP contribution in [0.2, 0.25) is 0 Å². The van der Waals surface area contributed by atoms with Crippen LogP contribution in [0.5, 0.6) is 11.5 Å². The summed E-state index contributed by atoms with van der Waals surface area (Å²) >= 11 is 0. The molecule has 0 N–H and O–H groups in total. The highest BCUT2D eigenvalue weighted by atomic mass is 16.7. The second-order valence-corrected chi connectivity index (χ2v) is 5.12. The molecule has 0 saturated heterocycles. The molecule has 0 aromatic heterocycles. The van der Waals surface area contributed by atoms with Crippen molar-refractivity contribution in [2.24, 2.45) is 4.99 Å². The average molecular weight is 267 g/mol. The van der Waals surface area contributed by atoms with E-state index >= 15 is 0 Å². The van der Waals surface area contributed by atoms with Crippen LogP contribution >= 0.6 is 0 Å². The predicted molar refractivity (Wildman–Crippen MR) is 80.4 cm³/mol. The highest BCUT2D eigenvalue weighted by Crippen LogP contribution is 2.35. The second kappa shape index (κ2) is 5.37. The SMILES string of the molecule is CC(C)c1ccc(C=Nc2ccc3c(c2)OCO3)cc1. The number of benzene rings is 2. The van der Waals surface area contributed by atoms with Gasteiger partial charge in [0.15, 0.2) is 11.5 Å². The van der Waals surface area contributed by atoms with Crippen LogP contribution in [0.15, 0.2) is 47.5 Å². The van der Waals surface area contributed by atoms with Crippen LogP contribution in [-0.2, 0) is 0 Å². The highest BCUT2D eigenvalue weighted by Gasteiger charge is 2.12. The Balaban J connectivity index is 1.76. The average Bonchev–Trinajstić information content (AvgIpc) is 2.93. The van der Waals surface area contributed by atoms with Gasteiger partial charge in [0, 0.05) is 12.3 Å². The molecule has 0 amide bonds. The van der Waals surface area contributed by atoms with Crippen LogP contribution in [-0.4, -0.2) is 13.0 Å². The molecule has 102 valence electrons. The fourth-order valence-corrected chi connectivity index (χ4v) is 2.08. The van der Waals surface area contributed by atoms with Crippen molar-refractivity contribution >= 4 is 11.9 Å². The first-order valence-corrected chi connectivity index (χ1v) is 6.76. The Hall–Kier alpha value is -2.29. The molecular weight excluding hydrogens is 250 g/mol. The summed E-state index contributed by atoms with van der Waals surface area (Å²) in [6, 6.07) is 14.2. The second-order valence-electron chi connectivity index (χ2n) is 5.12. The topological polar surface area (TPSA) is 30.8 Å². The third kappa shape index (κ3) is 2.67. The summed E-state index contributed by atoms with van der Waals surface area (Å²) in [5, 5.41) is 0. The van der Waals surface area contributed by atoms with E-state index in [0.29, 0.717) is 12.7 Å². The summed E-state index contributed by atoms with van der Waals surface area (Å²) < 4.78 is 10.6. The third-order valence-corrected chi connectivity index (χ3v) is 3.32. The fourth-order valence-electron chi connectivity index (χ4n) is 2.08. The Bertz CT molecular complexity index is 630. The number of ether oxygens (including phenoxy) is 2. The fraction of sp³-hybridized carbons (Fsp3) is 0.235. The first kappa shape index (κ1) is 12.7. The van der Waals surface area contributed by atoms with Crippen LogP contribution in [0.3, 0.4) is 0 Å². The van der Waals surface area contributed by atoms with Gasteiger partial charge >= 0.3 is 0 Å². The quantitative estimate of drug-likeness (QED) is 0.777. The normalized spacial score (nSPS) is 13.3. The van der Waals surface area contributed by atoms with Gasteiger partial charge in [-0.3, -0.25) is 4.99 Å². The summed E-state index contributed by atoms with van der Waals surface area (Å²) in [5.74, 6) is 2.09. The molecule has 1 heterocycles. The maximum Gasteiger partial charge on any atom is 0.231 e. The van der Waals surface area contributed by atoms with Gasteiger partial charge in [0.25, 0.3) is 0 Å². The lowest BCUT2D eigenvalue weighted by atomic mass is 10.0. The molecular formula is C17H17NO2. The van der Waals surface area contributed by atoms with E-state index in [1.807, 2.05) is 24.4 Å². The van der Waals surface area contributed by atoms with Crippen molar-refractivity contribution in [1.82, 2.24) is 0 Å². The Kier molecular flexibility index (Phi) is 3.42. The van der Waals surface area contributed by atoms with Gasteiger partial charge in [0.1, 0.15) is 0 Å². The predicted octanol–water partition coefficient (Wildman–Crippen LogP) is 4.29. The highest BCUT2D eigenvalue weighted by molar-refractivity contribution is 5.82. The van der Waals surface area contributed by atoms with Gasteiger partial charge in [0.05, 0.1) is 5.69 Å². The zero-order chi connectivity index (χ0) is 13.9. The van der Waals surface area contributed by atoms with Crippen molar-refractivity contribution in [2.75, 3.05) is 6.79 Å². The molecule has 0 fully saturated rings. The smallest absolute Gasteiger partial charge is 0.231 e. The van der Waals surface area contributed by atoms with E-state index in [-0.39, 0.29) is 0 Å². The largest absolute Gasteiger partial charge is 0.454 e. The molecule has 0 aliphatic carbocycles. The lowest BCUT2D eigenvalue weighted by Gasteiger charge is -2.04. The first-order valence-electron chi connectivity index (χ1n) is 6.76. The van der Waals surface area contributed by atoms with Gasteiger partial charge in [-0.2, -0.15) is 0 Å². The van der Waals surface area contributed by atoms with Crippen molar-refractivity contribution in [1.29, 1.82) is 0 Å². The zero-order valence-electron chi connectivity index (χ0n) is 11.7. The first-order chi connectivity index (χ1) is 9.72. The molecule has 2 aromatic rings. The molecule has 3 nitrogen and oxygen atoms in total. The molecule has 0 radical (unpaired) electrons. The molecule has 0 atom stereocenters. The van der Waals surface area contributed by atoms with Crippen molar-refractivity contribution < 1.29 is 9.47 Å². The minimum Gasteiger partial charge on any atom is -0.454 e. The van der Waals surface area contributed by atoms with Crippen molar-refractivity contribution in [3.63, 3.8) is 0 Å². The van der Waals surface area contributed by atoms with Gasteiger partial charge in [-0.25, -0.2) is 0 Å². The van der Waals surface area contributed by atoms with Gasteiger partial charge in [-0.05, 0) is 29.2 Å². The van der Waals surface area contributed by atoms with Crippen LogP contribution in [0.25, 0.3) is 0 Å². The molecule has 0 bridgehead atoms. The molecule has 3 heteroatoms. The van der Waals surface area contributed by atoms with Gasteiger partial charge in [-0.15, -0.1) is 0 Å². The van der Waals surface area contributed by atoms with E-state index in [0.717, 1.165) is 22.7 Å². The molecule has 1 aliphatic rings. The molecule has 0 saturated carbocycles. The molecule has 2 aromatic carbocycles. The van der Waals surface area contributed by atoms with E-state index in [1.165, 1.54) is 5.56 Å². The van der Waals surface area contributed by atoms with E-state index in [1.54, 1.807) is 0 Å². The zero-order valence-corrected chi connectivity index (χ0v) is 11.7. The lowest BCUT2D eigenvalue weighted by molar-refractivity contribution is 0.174. The summed E-state index contributed by atoms with van der Waals surface area (Å²) in [4.78, 5) is 4.47. The standard InChI is InChI=1S/C17H17NO2/c1-12(2)14-5-3-13(4-6-14)10-18-15-7-8-16-17(9-15)20-11-19-16/h3-10,12H,11H2,1-2H3. The van der Waals surface area contributed by atoms with Crippen LogP contribution < -0.4 is 9.47 Å². The molecule has 0 unspecified atom stereocenters. The maximum absolute atomic E-state index is 5.34. The molecule has 3 rings (SSSR count).